The second-order valence-corrected chi connectivity index (χ2v) is 7.15. The Hall–Kier alpha value is -3.23. The van der Waals surface area contributed by atoms with Crippen molar-refractivity contribution in [3.05, 3.63) is 47.5 Å². The molecule has 2 aliphatic heterocycles. The average molecular weight is 399 g/mol. The summed E-state index contributed by atoms with van der Waals surface area (Å²) >= 11 is 0. The van der Waals surface area contributed by atoms with E-state index in [-0.39, 0.29) is 30.4 Å². The van der Waals surface area contributed by atoms with Gasteiger partial charge < -0.3 is 15.3 Å². The van der Waals surface area contributed by atoms with Crippen molar-refractivity contribution in [1.29, 1.82) is 0 Å². The van der Waals surface area contributed by atoms with Gasteiger partial charge in [-0.1, -0.05) is 30.3 Å². The van der Waals surface area contributed by atoms with Crippen LogP contribution in [0.15, 0.2) is 30.3 Å². The van der Waals surface area contributed by atoms with Crippen LogP contribution in [0, 0.1) is 6.92 Å². The van der Waals surface area contributed by atoms with Gasteiger partial charge in [0.05, 0.1) is 12.6 Å². The fourth-order valence-electron chi connectivity index (χ4n) is 3.88. The Morgan fingerprint density at radius 2 is 2.03 bits per heavy atom. The van der Waals surface area contributed by atoms with Crippen molar-refractivity contribution in [2.75, 3.05) is 6.54 Å². The lowest BCUT2D eigenvalue weighted by Gasteiger charge is -2.36. The lowest BCUT2D eigenvalue weighted by atomic mass is 10.0. The van der Waals surface area contributed by atoms with Crippen LogP contribution in [0.3, 0.4) is 0 Å². The molecule has 2 aromatic rings. The zero-order valence-corrected chi connectivity index (χ0v) is 16.3. The topological polar surface area (TPSA) is 117 Å². The molecule has 2 atom stereocenters. The molecule has 29 heavy (non-hydrogen) atoms. The molecule has 4 rings (SSSR count). The fraction of sp³-hybridized carbons (Fsp3) is 0.450. The summed E-state index contributed by atoms with van der Waals surface area (Å²) in [5.74, 6) is 1.69. The second kappa shape index (κ2) is 9.31. The molecule has 3 heterocycles. The fourth-order valence-corrected chi connectivity index (χ4v) is 3.88. The van der Waals surface area contributed by atoms with E-state index in [1.807, 2.05) is 34.7 Å². The van der Waals surface area contributed by atoms with Crippen molar-refractivity contribution in [2.45, 2.75) is 51.2 Å². The molecule has 0 aliphatic carbocycles. The smallest absolute Gasteiger partial charge is 0.290 e. The average Bonchev–Trinajstić information content (AvgIpc) is 3.28. The van der Waals surface area contributed by atoms with Gasteiger partial charge in [0, 0.05) is 31.8 Å². The first-order chi connectivity index (χ1) is 14.0. The van der Waals surface area contributed by atoms with Crippen LogP contribution in [0.25, 0.3) is 0 Å². The van der Waals surface area contributed by atoms with E-state index in [1.54, 1.807) is 0 Å². The van der Waals surface area contributed by atoms with Crippen molar-refractivity contribution in [2.24, 2.45) is 0 Å². The first-order valence-electron chi connectivity index (χ1n) is 9.63. The predicted molar refractivity (Wildman–Crippen MR) is 104 cm³/mol. The second-order valence-electron chi connectivity index (χ2n) is 7.15. The Morgan fingerprint density at radius 1 is 1.31 bits per heavy atom. The highest BCUT2D eigenvalue weighted by Gasteiger charge is 2.35. The number of carbonyl (C=O) groups excluding carboxylic acids is 2. The molecule has 9 nitrogen and oxygen atoms in total. The van der Waals surface area contributed by atoms with E-state index in [2.05, 4.69) is 27.5 Å². The molecule has 0 spiro atoms. The highest BCUT2D eigenvalue weighted by atomic mass is 16.3. The Kier molecular flexibility index (Phi) is 6.58. The van der Waals surface area contributed by atoms with Crippen molar-refractivity contribution in [3.63, 3.8) is 0 Å². The van der Waals surface area contributed by atoms with Crippen LogP contribution in [0.2, 0.25) is 0 Å². The minimum absolute atomic E-state index is 0.0395. The van der Waals surface area contributed by atoms with Crippen LogP contribution in [-0.2, 0) is 27.3 Å². The number of fused-ring (bicyclic) bond motifs is 1. The van der Waals surface area contributed by atoms with Gasteiger partial charge in [-0.05, 0) is 18.9 Å². The van der Waals surface area contributed by atoms with Gasteiger partial charge in [0.25, 0.3) is 6.47 Å². The molecule has 154 valence electrons. The number of hydrogen-bond acceptors (Lipinski definition) is 5. The van der Waals surface area contributed by atoms with Crippen LogP contribution in [0.5, 0.6) is 0 Å². The molecular weight excluding hydrogens is 374 g/mol. The third-order valence-electron chi connectivity index (χ3n) is 5.13. The molecule has 2 N–H and O–H groups in total. The maximum Gasteiger partial charge on any atom is 0.290 e. The summed E-state index contributed by atoms with van der Waals surface area (Å²) in [6.07, 6.45) is 2.31. The molecule has 0 saturated carbocycles. The van der Waals surface area contributed by atoms with E-state index >= 15 is 0 Å². The van der Waals surface area contributed by atoms with Gasteiger partial charge in [-0.15, -0.1) is 0 Å². The molecule has 1 saturated heterocycles. The van der Waals surface area contributed by atoms with Crippen LogP contribution in [0.4, 0.5) is 0 Å². The minimum atomic E-state index is -0.250. The minimum Gasteiger partial charge on any atom is -0.483 e. The zero-order chi connectivity index (χ0) is 20.8. The molecule has 9 heteroatoms. The lowest BCUT2D eigenvalue weighted by Crippen LogP contribution is -2.45. The van der Waals surface area contributed by atoms with E-state index in [1.165, 1.54) is 5.56 Å². The molecule has 0 bridgehead atoms. The normalized spacial score (nSPS) is 20.3. The van der Waals surface area contributed by atoms with Crippen molar-refractivity contribution in [3.8, 4) is 0 Å². The summed E-state index contributed by atoms with van der Waals surface area (Å²) in [7, 11) is 0. The molecular formula is C20H25N5O4. The maximum atomic E-state index is 13.0. The number of hydrogen-bond donors (Lipinski definition) is 2. The number of benzene rings is 1. The van der Waals surface area contributed by atoms with Gasteiger partial charge in [-0.2, -0.15) is 5.10 Å². The van der Waals surface area contributed by atoms with Gasteiger partial charge in [-0.3, -0.25) is 14.4 Å². The number of rotatable bonds is 4. The molecule has 2 aliphatic rings. The molecule has 1 fully saturated rings. The van der Waals surface area contributed by atoms with Crippen molar-refractivity contribution < 1.29 is 19.5 Å². The van der Waals surface area contributed by atoms with Gasteiger partial charge >= 0.3 is 0 Å². The summed E-state index contributed by atoms with van der Waals surface area (Å²) in [6.45, 7) is 2.90. The van der Waals surface area contributed by atoms with Crippen LogP contribution >= 0.6 is 0 Å². The maximum absolute atomic E-state index is 13.0. The number of aryl methyl sites for hydroxylation is 1. The molecule has 1 aromatic carbocycles. The third kappa shape index (κ3) is 4.98. The van der Waals surface area contributed by atoms with Crippen molar-refractivity contribution >= 4 is 18.3 Å². The first kappa shape index (κ1) is 20.5. The van der Waals surface area contributed by atoms with Crippen LogP contribution < -0.4 is 5.32 Å². The monoisotopic (exact) mass is 399 g/mol. The summed E-state index contributed by atoms with van der Waals surface area (Å²) in [4.78, 5) is 39.3. The van der Waals surface area contributed by atoms with Gasteiger partial charge in [0.2, 0.25) is 11.8 Å². The molecule has 2 amide bonds. The quantitative estimate of drug-likeness (QED) is 0.743. The molecule has 1 aromatic heterocycles. The van der Waals surface area contributed by atoms with Crippen LogP contribution in [0.1, 0.15) is 42.5 Å². The largest absolute Gasteiger partial charge is 0.483 e. The number of amides is 2. The van der Waals surface area contributed by atoms with E-state index in [0.717, 1.165) is 18.1 Å². The number of aromatic nitrogens is 3. The predicted octanol–water partition coefficient (Wildman–Crippen LogP) is 1.08. The van der Waals surface area contributed by atoms with Crippen LogP contribution in [-0.4, -0.2) is 55.6 Å². The number of nitrogens with zero attached hydrogens (tertiary/aromatic N) is 4. The van der Waals surface area contributed by atoms with Crippen molar-refractivity contribution in [1.82, 2.24) is 25.0 Å². The van der Waals surface area contributed by atoms with E-state index in [9.17, 15) is 9.59 Å². The summed E-state index contributed by atoms with van der Waals surface area (Å²) in [5.41, 5.74) is 1.17. The summed E-state index contributed by atoms with van der Waals surface area (Å²) < 4.78 is 1.92. The highest BCUT2D eigenvalue weighted by Crippen LogP contribution is 2.29. The number of carbonyl (C=O) groups is 3. The zero-order valence-electron chi connectivity index (χ0n) is 16.3. The number of carboxylic acid groups (broad SMARTS) is 1. The Labute approximate surface area is 168 Å². The lowest BCUT2D eigenvalue weighted by molar-refractivity contribution is -0.135. The molecule has 0 radical (unpaired) electrons. The Morgan fingerprint density at radius 3 is 2.69 bits per heavy atom. The van der Waals surface area contributed by atoms with Gasteiger partial charge in [-0.25, -0.2) is 9.67 Å². The summed E-state index contributed by atoms with van der Waals surface area (Å²) in [5, 5.41) is 14.2. The third-order valence-corrected chi connectivity index (χ3v) is 5.13. The van der Waals surface area contributed by atoms with E-state index in [4.69, 9.17) is 9.90 Å². The molecule has 0 unspecified atom stereocenters. The highest BCUT2D eigenvalue weighted by molar-refractivity contribution is 5.82. The Bertz CT molecular complexity index is 867. The van der Waals surface area contributed by atoms with E-state index in [0.29, 0.717) is 32.4 Å². The standard InChI is InChI=1S/C19H23N5O2.CH2O2/c1-13-20-19-16(11-14-5-3-2-4-6-14)23(9-10-24(19)22-13)18(26)12-15-7-8-17(25)21-15;2-1-3/h2-6,15-16H,7-12H2,1H3,(H,21,25);1H,(H,2,3)/t15-,16+;/m1./s1. The van der Waals surface area contributed by atoms with Gasteiger partial charge in [0.1, 0.15) is 11.6 Å². The first-order valence-corrected chi connectivity index (χ1v) is 9.63. The summed E-state index contributed by atoms with van der Waals surface area (Å²) in [6, 6.07) is 9.97. The van der Waals surface area contributed by atoms with Gasteiger partial charge in [0.15, 0.2) is 0 Å². The SMILES string of the molecule is Cc1nc2n(n1)CCN(C(=O)C[C@H]1CCC(=O)N1)[C@H]2Cc1ccccc1.O=CO. The Balaban J connectivity index is 0.000000755. The number of nitrogens with one attached hydrogen (secondary N) is 1. The van der Waals surface area contributed by atoms with E-state index < -0.39 is 0 Å².